The predicted molar refractivity (Wildman–Crippen MR) is 81.9 cm³/mol. The zero-order chi connectivity index (χ0) is 14.5. The molecule has 1 aromatic carbocycles. The Morgan fingerprint density at radius 3 is 2.53 bits per heavy atom. The van der Waals surface area contributed by atoms with E-state index in [0.29, 0.717) is 0 Å². The molecule has 0 fully saturated rings. The second-order valence-corrected chi connectivity index (χ2v) is 6.22. The van der Waals surface area contributed by atoms with Crippen molar-refractivity contribution >= 4 is 0 Å². The van der Waals surface area contributed by atoms with Gasteiger partial charge >= 0.3 is 0 Å². The van der Waals surface area contributed by atoms with Crippen molar-refractivity contribution in [2.45, 2.75) is 45.6 Å². The Labute approximate surface area is 117 Å². The average molecular weight is 264 g/mol. The van der Waals surface area contributed by atoms with Crippen LogP contribution < -0.4 is 15.8 Å². The van der Waals surface area contributed by atoms with Crippen LogP contribution in [0.5, 0.6) is 5.75 Å². The zero-order valence-electron chi connectivity index (χ0n) is 12.9. The number of rotatable bonds is 6. The van der Waals surface area contributed by atoms with Crippen LogP contribution in [0.25, 0.3) is 0 Å². The smallest absolute Gasteiger partial charge is 0.122 e. The van der Waals surface area contributed by atoms with E-state index in [-0.39, 0.29) is 11.5 Å². The molecule has 0 saturated heterocycles. The van der Waals surface area contributed by atoms with Crippen LogP contribution in [-0.2, 0) is 11.8 Å². The first-order valence-corrected chi connectivity index (χ1v) is 6.98. The predicted octanol–water partition coefficient (Wildman–Crippen LogP) is 2.47. The Morgan fingerprint density at radius 1 is 1.32 bits per heavy atom. The minimum atomic E-state index is 0.0978. The summed E-state index contributed by atoms with van der Waals surface area (Å²) in [7, 11) is 1.73. The van der Waals surface area contributed by atoms with Gasteiger partial charge in [0.2, 0.25) is 0 Å². The van der Waals surface area contributed by atoms with Crippen LogP contribution in [0.4, 0.5) is 0 Å². The Bertz CT molecular complexity index is 394. The van der Waals surface area contributed by atoms with Gasteiger partial charge in [-0.25, -0.2) is 0 Å². The summed E-state index contributed by atoms with van der Waals surface area (Å²) >= 11 is 0. The van der Waals surface area contributed by atoms with Gasteiger partial charge in [0.1, 0.15) is 5.75 Å². The molecule has 0 spiro atoms. The molecule has 0 bridgehead atoms. The summed E-state index contributed by atoms with van der Waals surface area (Å²) in [6, 6.07) is 6.68. The van der Waals surface area contributed by atoms with Crippen molar-refractivity contribution < 1.29 is 4.74 Å². The third-order valence-corrected chi connectivity index (χ3v) is 3.13. The lowest BCUT2D eigenvalue weighted by atomic mass is 9.85. The van der Waals surface area contributed by atoms with Gasteiger partial charge in [0, 0.05) is 12.6 Å². The van der Waals surface area contributed by atoms with Gasteiger partial charge in [0.15, 0.2) is 0 Å². The highest BCUT2D eigenvalue weighted by Crippen LogP contribution is 2.31. The lowest BCUT2D eigenvalue weighted by molar-refractivity contribution is 0.397. The van der Waals surface area contributed by atoms with Crippen LogP contribution in [0.1, 0.15) is 38.8 Å². The molecule has 0 saturated carbocycles. The van der Waals surface area contributed by atoms with E-state index in [2.05, 4.69) is 44.3 Å². The highest BCUT2D eigenvalue weighted by Gasteiger charge is 2.19. The fraction of sp³-hybridized carbons (Fsp3) is 0.625. The summed E-state index contributed by atoms with van der Waals surface area (Å²) in [5, 5.41) is 3.36. The molecule has 1 atom stereocenters. The van der Waals surface area contributed by atoms with E-state index in [1.165, 1.54) is 11.1 Å². The largest absolute Gasteiger partial charge is 0.496 e. The van der Waals surface area contributed by atoms with E-state index < -0.39 is 0 Å². The topological polar surface area (TPSA) is 47.3 Å². The molecule has 0 aliphatic heterocycles. The van der Waals surface area contributed by atoms with Gasteiger partial charge in [-0.15, -0.1) is 0 Å². The van der Waals surface area contributed by atoms with E-state index >= 15 is 0 Å². The Kier molecular flexibility index (Phi) is 5.83. The number of hydrogen-bond donors (Lipinski definition) is 2. The first-order chi connectivity index (χ1) is 8.84. The third kappa shape index (κ3) is 5.21. The molecule has 0 heterocycles. The molecular weight excluding hydrogens is 236 g/mol. The molecule has 1 rings (SSSR count). The van der Waals surface area contributed by atoms with Gasteiger partial charge < -0.3 is 15.8 Å². The molecule has 0 amide bonds. The number of methoxy groups -OCH3 is 1. The van der Waals surface area contributed by atoms with Gasteiger partial charge in [-0.1, -0.05) is 32.9 Å². The maximum Gasteiger partial charge on any atom is 0.122 e. The second-order valence-electron chi connectivity index (χ2n) is 6.22. The molecule has 0 aromatic heterocycles. The monoisotopic (exact) mass is 264 g/mol. The van der Waals surface area contributed by atoms with Crippen molar-refractivity contribution in [3.8, 4) is 5.75 Å². The maximum atomic E-state index is 5.71. The van der Waals surface area contributed by atoms with Gasteiger partial charge in [-0.2, -0.15) is 0 Å². The molecule has 0 aliphatic rings. The lowest BCUT2D eigenvalue weighted by Gasteiger charge is -2.23. The second kappa shape index (κ2) is 6.92. The molecule has 1 unspecified atom stereocenters. The molecule has 3 N–H and O–H groups in total. The molecule has 108 valence electrons. The number of nitrogens with two attached hydrogens (primary N) is 1. The highest BCUT2D eigenvalue weighted by molar-refractivity contribution is 5.41. The molecule has 0 aliphatic carbocycles. The van der Waals surface area contributed by atoms with E-state index in [0.717, 1.165) is 25.3 Å². The maximum absolute atomic E-state index is 5.71. The quantitative estimate of drug-likeness (QED) is 0.776. The summed E-state index contributed by atoms with van der Waals surface area (Å²) < 4.78 is 5.45. The number of benzene rings is 1. The molecule has 19 heavy (non-hydrogen) atoms. The zero-order valence-corrected chi connectivity index (χ0v) is 12.9. The SMILES string of the molecule is COc1ccc(CCNCC(C)N)cc1C(C)(C)C. The summed E-state index contributed by atoms with van der Waals surface area (Å²) in [6.45, 7) is 10.5. The normalized spacial score (nSPS) is 13.4. The molecule has 1 aromatic rings. The van der Waals surface area contributed by atoms with Gasteiger partial charge in [-0.3, -0.25) is 0 Å². The minimum Gasteiger partial charge on any atom is -0.496 e. The lowest BCUT2D eigenvalue weighted by Crippen LogP contribution is -2.32. The van der Waals surface area contributed by atoms with Gasteiger partial charge in [-0.05, 0) is 42.5 Å². The van der Waals surface area contributed by atoms with Crippen LogP contribution in [0, 0.1) is 0 Å². The molecule has 0 radical (unpaired) electrons. The molecule has 3 heteroatoms. The fourth-order valence-corrected chi connectivity index (χ4v) is 2.06. The highest BCUT2D eigenvalue weighted by atomic mass is 16.5. The Hall–Kier alpha value is -1.06. The minimum absolute atomic E-state index is 0.0978. The van der Waals surface area contributed by atoms with Crippen LogP contribution >= 0.6 is 0 Å². The van der Waals surface area contributed by atoms with E-state index in [1.807, 2.05) is 6.92 Å². The van der Waals surface area contributed by atoms with Crippen molar-refractivity contribution in [2.24, 2.45) is 5.73 Å². The third-order valence-electron chi connectivity index (χ3n) is 3.13. The number of nitrogens with one attached hydrogen (secondary N) is 1. The van der Waals surface area contributed by atoms with E-state index in [1.54, 1.807) is 7.11 Å². The van der Waals surface area contributed by atoms with Crippen molar-refractivity contribution in [1.29, 1.82) is 0 Å². The molecular formula is C16H28N2O. The first kappa shape index (κ1) is 16.0. The Morgan fingerprint density at radius 2 is 2.00 bits per heavy atom. The summed E-state index contributed by atoms with van der Waals surface area (Å²) in [4.78, 5) is 0. The van der Waals surface area contributed by atoms with Gasteiger partial charge in [0.25, 0.3) is 0 Å². The van der Waals surface area contributed by atoms with Gasteiger partial charge in [0.05, 0.1) is 7.11 Å². The fourth-order valence-electron chi connectivity index (χ4n) is 2.06. The number of ether oxygens (including phenoxy) is 1. The van der Waals surface area contributed by atoms with Crippen molar-refractivity contribution in [3.05, 3.63) is 29.3 Å². The van der Waals surface area contributed by atoms with E-state index in [9.17, 15) is 0 Å². The van der Waals surface area contributed by atoms with Crippen LogP contribution in [0.15, 0.2) is 18.2 Å². The Balaban J connectivity index is 2.70. The summed E-state index contributed by atoms with van der Waals surface area (Å²) in [5.41, 5.74) is 8.41. The van der Waals surface area contributed by atoms with Crippen LogP contribution in [0.2, 0.25) is 0 Å². The number of hydrogen-bond acceptors (Lipinski definition) is 3. The van der Waals surface area contributed by atoms with Crippen LogP contribution in [0.3, 0.4) is 0 Å². The van der Waals surface area contributed by atoms with E-state index in [4.69, 9.17) is 10.5 Å². The standard InChI is InChI=1S/C16H28N2O/c1-12(17)11-18-9-8-13-6-7-15(19-5)14(10-13)16(2,3)4/h6-7,10,12,18H,8-9,11,17H2,1-5H3. The van der Waals surface area contributed by atoms with Crippen molar-refractivity contribution in [3.63, 3.8) is 0 Å². The summed E-state index contributed by atoms with van der Waals surface area (Å²) in [5.74, 6) is 0.972. The molecule has 3 nitrogen and oxygen atoms in total. The van der Waals surface area contributed by atoms with Crippen molar-refractivity contribution in [2.75, 3.05) is 20.2 Å². The summed E-state index contributed by atoms with van der Waals surface area (Å²) in [6.07, 6.45) is 1.01. The first-order valence-electron chi connectivity index (χ1n) is 6.98. The average Bonchev–Trinajstić information content (AvgIpc) is 2.33. The van der Waals surface area contributed by atoms with Crippen LogP contribution in [-0.4, -0.2) is 26.2 Å². The van der Waals surface area contributed by atoms with Crippen molar-refractivity contribution in [1.82, 2.24) is 5.32 Å².